The second-order valence-electron chi connectivity index (χ2n) is 4.01. The quantitative estimate of drug-likeness (QED) is 0.664. The van der Waals surface area contributed by atoms with E-state index in [9.17, 15) is 4.79 Å². The molecule has 0 saturated carbocycles. The summed E-state index contributed by atoms with van der Waals surface area (Å²) in [6.45, 7) is 5.57. The summed E-state index contributed by atoms with van der Waals surface area (Å²) in [6, 6.07) is 3.24. The average molecular weight is 273 g/mol. The van der Waals surface area contributed by atoms with Crippen LogP contribution in [0, 0.1) is 0 Å². The smallest absolute Gasteiger partial charge is 0.268 e. The van der Waals surface area contributed by atoms with Gasteiger partial charge in [0.25, 0.3) is 5.91 Å². The van der Waals surface area contributed by atoms with Crippen LogP contribution in [-0.2, 0) is 4.84 Å². The first-order chi connectivity index (χ1) is 6.88. The van der Waals surface area contributed by atoms with Crippen molar-refractivity contribution in [3.05, 3.63) is 28.5 Å². The molecule has 0 fully saturated rings. The number of nitrogens with zero attached hydrogens (tertiary/aromatic N) is 1. The number of hydrogen-bond acceptors (Lipinski definition) is 3. The molecule has 0 saturated heterocycles. The molecule has 1 N–H and O–H groups in total. The standard InChI is InChI=1S/C10H13BrN2O2/c1-10(2,3)15-13-9(14)7-4-5-12-8(11)6-7/h4-6H,1-3H3,(H,13,14). The molecule has 0 bridgehead atoms. The summed E-state index contributed by atoms with van der Waals surface area (Å²) < 4.78 is 0.617. The largest absolute Gasteiger partial charge is 0.275 e. The van der Waals surface area contributed by atoms with E-state index in [1.807, 2.05) is 20.8 Å². The van der Waals surface area contributed by atoms with Crippen molar-refractivity contribution in [1.29, 1.82) is 0 Å². The highest BCUT2D eigenvalue weighted by atomic mass is 79.9. The Balaban J connectivity index is 2.62. The highest BCUT2D eigenvalue weighted by Gasteiger charge is 2.13. The lowest BCUT2D eigenvalue weighted by Crippen LogP contribution is -2.33. The molecule has 0 atom stereocenters. The van der Waals surface area contributed by atoms with Crippen molar-refractivity contribution in [3.63, 3.8) is 0 Å². The summed E-state index contributed by atoms with van der Waals surface area (Å²) in [5.41, 5.74) is 2.48. The molecule has 0 radical (unpaired) electrons. The zero-order valence-electron chi connectivity index (χ0n) is 8.87. The Morgan fingerprint density at radius 2 is 2.20 bits per heavy atom. The number of nitrogens with one attached hydrogen (secondary N) is 1. The van der Waals surface area contributed by atoms with Crippen LogP contribution in [0.3, 0.4) is 0 Å². The highest BCUT2D eigenvalue weighted by Crippen LogP contribution is 2.09. The predicted octanol–water partition coefficient (Wildman–Crippen LogP) is 2.30. The Labute approximate surface area is 97.1 Å². The van der Waals surface area contributed by atoms with Gasteiger partial charge in [-0.15, -0.1) is 0 Å². The lowest BCUT2D eigenvalue weighted by Gasteiger charge is -2.18. The van der Waals surface area contributed by atoms with Crippen LogP contribution in [0.1, 0.15) is 31.1 Å². The van der Waals surface area contributed by atoms with E-state index in [2.05, 4.69) is 26.4 Å². The number of pyridine rings is 1. The Morgan fingerprint density at radius 1 is 1.53 bits per heavy atom. The van der Waals surface area contributed by atoms with E-state index in [-0.39, 0.29) is 5.91 Å². The number of aromatic nitrogens is 1. The number of halogens is 1. The molecule has 82 valence electrons. The summed E-state index contributed by atoms with van der Waals surface area (Å²) in [5.74, 6) is -0.284. The molecular formula is C10H13BrN2O2. The molecule has 0 aliphatic heterocycles. The van der Waals surface area contributed by atoms with Gasteiger partial charge < -0.3 is 0 Å². The average Bonchev–Trinajstić information content (AvgIpc) is 2.13. The van der Waals surface area contributed by atoms with E-state index in [0.717, 1.165) is 0 Å². The van der Waals surface area contributed by atoms with Gasteiger partial charge in [0, 0.05) is 11.8 Å². The van der Waals surface area contributed by atoms with Crippen LogP contribution in [0.2, 0.25) is 0 Å². The van der Waals surface area contributed by atoms with Gasteiger partial charge in [0.1, 0.15) is 4.60 Å². The van der Waals surface area contributed by atoms with E-state index < -0.39 is 5.60 Å². The molecule has 1 aromatic rings. The molecule has 4 nitrogen and oxygen atoms in total. The van der Waals surface area contributed by atoms with Crippen molar-refractivity contribution < 1.29 is 9.63 Å². The van der Waals surface area contributed by atoms with Gasteiger partial charge in [-0.25, -0.2) is 10.5 Å². The minimum Gasteiger partial charge on any atom is -0.268 e. The molecule has 5 heteroatoms. The number of carbonyl (C=O) groups excluding carboxylic acids is 1. The molecule has 0 aromatic carbocycles. The summed E-state index contributed by atoms with van der Waals surface area (Å²) >= 11 is 3.19. The number of amides is 1. The molecule has 0 spiro atoms. The first kappa shape index (κ1) is 12.1. The lowest BCUT2D eigenvalue weighted by atomic mass is 10.2. The van der Waals surface area contributed by atoms with Crippen molar-refractivity contribution in [2.24, 2.45) is 0 Å². The van der Waals surface area contributed by atoms with Crippen molar-refractivity contribution in [2.75, 3.05) is 0 Å². The summed E-state index contributed by atoms with van der Waals surface area (Å²) in [4.78, 5) is 20.6. The molecule has 1 rings (SSSR count). The maximum absolute atomic E-state index is 11.6. The van der Waals surface area contributed by atoms with Gasteiger partial charge in [0.05, 0.1) is 5.60 Å². The maximum Gasteiger partial charge on any atom is 0.275 e. The second-order valence-corrected chi connectivity index (χ2v) is 4.83. The van der Waals surface area contributed by atoms with E-state index >= 15 is 0 Å². The van der Waals surface area contributed by atoms with Gasteiger partial charge >= 0.3 is 0 Å². The molecule has 15 heavy (non-hydrogen) atoms. The minimum absolute atomic E-state index is 0.284. The fraction of sp³-hybridized carbons (Fsp3) is 0.400. The Kier molecular flexibility index (Phi) is 3.82. The predicted molar refractivity (Wildman–Crippen MR) is 60.2 cm³/mol. The van der Waals surface area contributed by atoms with Crippen LogP contribution in [0.15, 0.2) is 22.9 Å². The fourth-order valence-electron chi connectivity index (χ4n) is 0.802. The third-order valence-corrected chi connectivity index (χ3v) is 1.87. The first-order valence-electron chi connectivity index (χ1n) is 4.48. The molecular weight excluding hydrogens is 260 g/mol. The first-order valence-corrected chi connectivity index (χ1v) is 5.28. The van der Waals surface area contributed by atoms with E-state index in [1.54, 1.807) is 18.3 Å². The van der Waals surface area contributed by atoms with Gasteiger partial charge in [-0.1, -0.05) is 0 Å². The molecule has 1 heterocycles. The van der Waals surface area contributed by atoms with Gasteiger partial charge in [0.15, 0.2) is 0 Å². The number of hydrogen-bond donors (Lipinski definition) is 1. The zero-order chi connectivity index (χ0) is 11.5. The molecule has 1 aromatic heterocycles. The lowest BCUT2D eigenvalue weighted by molar-refractivity contribution is -0.0589. The topological polar surface area (TPSA) is 51.2 Å². The Morgan fingerprint density at radius 3 is 2.73 bits per heavy atom. The minimum atomic E-state index is -0.403. The SMILES string of the molecule is CC(C)(C)ONC(=O)c1ccnc(Br)c1. The van der Waals surface area contributed by atoms with Gasteiger partial charge in [0.2, 0.25) is 0 Å². The van der Waals surface area contributed by atoms with Crippen LogP contribution in [0.5, 0.6) is 0 Å². The fourth-order valence-corrected chi connectivity index (χ4v) is 1.17. The van der Waals surface area contributed by atoms with Crippen LogP contribution in [-0.4, -0.2) is 16.5 Å². The third kappa shape index (κ3) is 4.40. The van der Waals surface area contributed by atoms with Gasteiger partial charge in [-0.2, -0.15) is 0 Å². The number of hydroxylamine groups is 1. The van der Waals surface area contributed by atoms with Crippen molar-refractivity contribution in [2.45, 2.75) is 26.4 Å². The van der Waals surface area contributed by atoms with Crippen molar-refractivity contribution in [1.82, 2.24) is 10.5 Å². The van der Waals surface area contributed by atoms with E-state index in [4.69, 9.17) is 4.84 Å². The Hall–Kier alpha value is -0.940. The summed E-state index contributed by atoms with van der Waals surface area (Å²) in [7, 11) is 0. The molecule has 0 aliphatic carbocycles. The van der Waals surface area contributed by atoms with E-state index in [1.165, 1.54) is 0 Å². The normalized spacial score (nSPS) is 11.2. The van der Waals surface area contributed by atoms with Gasteiger partial charge in [-0.05, 0) is 48.8 Å². The summed E-state index contributed by atoms with van der Waals surface area (Å²) in [5, 5.41) is 0. The van der Waals surface area contributed by atoms with Crippen molar-refractivity contribution >= 4 is 21.8 Å². The maximum atomic E-state index is 11.6. The van der Waals surface area contributed by atoms with Crippen molar-refractivity contribution in [3.8, 4) is 0 Å². The van der Waals surface area contributed by atoms with Crippen LogP contribution in [0.25, 0.3) is 0 Å². The third-order valence-electron chi connectivity index (χ3n) is 1.44. The summed E-state index contributed by atoms with van der Waals surface area (Å²) in [6.07, 6.45) is 1.55. The highest BCUT2D eigenvalue weighted by molar-refractivity contribution is 9.10. The number of carbonyl (C=O) groups is 1. The molecule has 0 unspecified atom stereocenters. The monoisotopic (exact) mass is 272 g/mol. The second kappa shape index (κ2) is 4.72. The Bertz CT molecular complexity index is 361. The van der Waals surface area contributed by atoms with Gasteiger partial charge in [-0.3, -0.25) is 9.63 Å². The molecule has 1 amide bonds. The van der Waals surface area contributed by atoms with Crippen LogP contribution in [0.4, 0.5) is 0 Å². The van der Waals surface area contributed by atoms with Crippen LogP contribution < -0.4 is 5.48 Å². The molecule has 0 aliphatic rings. The van der Waals surface area contributed by atoms with E-state index in [0.29, 0.717) is 10.2 Å². The number of rotatable bonds is 2. The zero-order valence-corrected chi connectivity index (χ0v) is 10.5. The van der Waals surface area contributed by atoms with Crippen LogP contribution >= 0.6 is 15.9 Å².